The van der Waals surface area contributed by atoms with Crippen LogP contribution in [0.3, 0.4) is 0 Å². The molecule has 8 aromatic carbocycles. The molecule has 0 saturated carbocycles. The molecular weight excluding hydrogens is 751 g/mol. The summed E-state index contributed by atoms with van der Waals surface area (Å²) in [5, 5.41) is 24.8. The standard InChI is InChI=1S/C22H12O2.C16H7BrO2.C6H7BO2.3CH4/c23-21-17-12-6-11-16-14-9-4-5-10-15(14)18(13-7-2-1-3-8-13)20(19(16)17)22(21)24;17-14-10-5-2-1-4-8(10)9-6-3-7-11-12(9)13(14)16(19)15(11)18;8-7(9)6-4-2-1-3-5-6;;;/h1-12H;1-7H;1-5,8-9H;3*1H4. The smallest absolute Gasteiger partial charge is 0.423 e. The number of benzene rings is 8. The first kappa shape index (κ1) is 40.1. The van der Waals surface area contributed by atoms with Gasteiger partial charge < -0.3 is 10.0 Å². The second-order valence-corrected chi connectivity index (χ2v) is 13.2. The van der Waals surface area contributed by atoms with E-state index in [4.69, 9.17) is 10.0 Å². The zero-order chi connectivity index (χ0) is 36.1. The van der Waals surface area contributed by atoms with Gasteiger partial charge in [0.25, 0.3) is 0 Å². The van der Waals surface area contributed by atoms with Crippen molar-refractivity contribution in [3.63, 3.8) is 0 Å². The van der Waals surface area contributed by atoms with E-state index in [2.05, 4.69) is 22.0 Å². The van der Waals surface area contributed by atoms with Crippen molar-refractivity contribution in [2.45, 2.75) is 22.3 Å². The molecule has 272 valence electrons. The van der Waals surface area contributed by atoms with Gasteiger partial charge in [-0.15, -0.1) is 0 Å². The summed E-state index contributed by atoms with van der Waals surface area (Å²) in [6, 6.07) is 45.5. The minimum Gasteiger partial charge on any atom is -0.423 e. The molecule has 6 nitrogen and oxygen atoms in total. The zero-order valence-electron chi connectivity index (χ0n) is 27.3. The molecule has 55 heavy (non-hydrogen) atoms. The Morgan fingerprint density at radius 3 is 1.29 bits per heavy atom. The Morgan fingerprint density at radius 1 is 0.382 bits per heavy atom. The molecule has 2 aliphatic carbocycles. The lowest BCUT2D eigenvalue weighted by molar-refractivity contribution is 0.0825. The van der Waals surface area contributed by atoms with E-state index < -0.39 is 30.3 Å². The predicted octanol–water partition coefficient (Wildman–Crippen LogP) is 10.4. The number of carbonyl (C=O) groups is 4. The highest BCUT2D eigenvalue weighted by Crippen LogP contribution is 2.44. The number of Topliss-reactive ketones (excluding diaryl/α,β-unsaturated/α-hetero) is 4. The number of halogens is 1. The molecule has 2 N–H and O–H groups in total. The first-order valence-electron chi connectivity index (χ1n) is 16.5. The van der Waals surface area contributed by atoms with E-state index in [1.54, 1.807) is 36.4 Å². The van der Waals surface area contributed by atoms with Gasteiger partial charge in [0, 0.05) is 43.1 Å². The highest BCUT2D eigenvalue weighted by molar-refractivity contribution is 9.10. The molecule has 8 aromatic rings. The Kier molecular flexibility index (Phi) is 11.8. The van der Waals surface area contributed by atoms with Crippen molar-refractivity contribution in [1.82, 2.24) is 0 Å². The van der Waals surface area contributed by atoms with E-state index in [0.717, 1.165) is 58.7 Å². The molecule has 0 bridgehead atoms. The number of carbonyl (C=O) groups excluding carboxylic acids is 4. The van der Waals surface area contributed by atoms with Gasteiger partial charge in [-0.1, -0.05) is 168 Å². The molecular formula is C47H38BBrO6. The fourth-order valence-corrected chi connectivity index (χ4v) is 7.99. The zero-order valence-corrected chi connectivity index (χ0v) is 28.9. The molecule has 0 heterocycles. The predicted molar refractivity (Wildman–Crippen MR) is 230 cm³/mol. The van der Waals surface area contributed by atoms with Crippen molar-refractivity contribution in [3.8, 4) is 11.1 Å². The average molecular weight is 790 g/mol. The summed E-state index contributed by atoms with van der Waals surface area (Å²) >= 11 is 3.49. The van der Waals surface area contributed by atoms with Gasteiger partial charge in [-0.3, -0.25) is 19.2 Å². The molecule has 2 aliphatic rings. The molecule has 0 saturated heterocycles. The third-order valence-corrected chi connectivity index (χ3v) is 10.4. The third-order valence-electron chi connectivity index (χ3n) is 9.55. The fourth-order valence-electron chi connectivity index (χ4n) is 7.26. The monoisotopic (exact) mass is 788 g/mol. The minimum atomic E-state index is -1.34. The van der Waals surface area contributed by atoms with Crippen LogP contribution in [0.1, 0.15) is 63.7 Å². The highest BCUT2D eigenvalue weighted by Gasteiger charge is 2.35. The molecule has 0 amide bonds. The van der Waals surface area contributed by atoms with E-state index in [1.165, 1.54) is 0 Å². The third kappa shape index (κ3) is 6.59. The lowest BCUT2D eigenvalue weighted by atomic mass is 9.81. The van der Waals surface area contributed by atoms with Crippen molar-refractivity contribution >= 4 is 94.7 Å². The topological polar surface area (TPSA) is 109 Å². The first-order valence-corrected chi connectivity index (χ1v) is 17.3. The Hall–Kier alpha value is -6.06. The van der Waals surface area contributed by atoms with Crippen LogP contribution in [0.4, 0.5) is 0 Å². The lowest BCUT2D eigenvalue weighted by Gasteiger charge is -2.13. The summed E-state index contributed by atoms with van der Waals surface area (Å²) in [7, 11) is -1.34. The minimum absolute atomic E-state index is 0. The van der Waals surface area contributed by atoms with Crippen molar-refractivity contribution < 1.29 is 29.2 Å². The SMILES string of the molecule is C.C.C.O=C1C(=O)c2c(-c3ccccc3)c3ccccc3c3cccc1c23.O=C1C(=O)c2c(Br)c3ccccc3c3cccc1c23.OB(O)c1ccccc1. The van der Waals surface area contributed by atoms with Crippen LogP contribution in [0.25, 0.3) is 54.2 Å². The largest absolute Gasteiger partial charge is 0.488 e. The van der Waals surface area contributed by atoms with E-state index in [1.807, 2.05) is 103 Å². The van der Waals surface area contributed by atoms with Crippen LogP contribution < -0.4 is 5.46 Å². The van der Waals surface area contributed by atoms with Crippen LogP contribution in [0.15, 0.2) is 150 Å². The van der Waals surface area contributed by atoms with Crippen LogP contribution in [0, 0.1) is 0 Å². The number of rotatable bonds is 2. The number of fused-ring (bicyclic) bond motifs is 4. The van der Waals surface area contributed by atoms with E-state index in [9.17, 15) is 19.2 Å². The van der Waals surface area contributed by atoms with Gasteiger partial charge >= 0.3 is 7.12 Å². The van der Waals surface area contributed by atoms with E-state index in [-0.39, 0.29) is 22.3 Å². The van der Waals surface area contributed by atoms with Gasteiger partial charge in [-0.25, -0.2) is 0 Å². The summed E-state index contributed by atoms with van der Waals surface area (Å²) in [5.41, 5.74) is 4.45. The quantitative estimate of drug-likeness (QED) is 0.103. The van der Waals surface area contributed by atoms with Gasteiger partial charge in [0.05, 0.1) is 0 Å². The number of ketones is 4. The lowest BCUT2D eigenvalue weighted by Crippen LogP contribution is -2.29. The molecule has 0 radical (unpaired) electrons. The van der Waals surface area contributed by atoms with Crippen LogP contribution in [-0.2, 0) is 0 Å². The Balaban J connectivity index is 0.000000168. The van der Waals surface area contributed by atoms with Gasteiger partial charge in [0.1, 0.15) is 0 Å². The molecule has 0 aromatic heterocycles. The molecule has 0 atom stereocenters. The molecule has 8 heteroatoms. The normalized spacial score (nSPS) is 12.0. The van der Waals surface area contributed by atoms with E-state index in [0.29, 0.717) is 27.7 Å². The van der Waals surface area contributed by atoms with Crippen LogP contribution >= 0.6 is 15.9 Å². The maximum atomic E-state index is 12.8. The van der Waals surface area contributed by atoms with Crippen molar-refractivity contribution in [3.05, 3.63) is 172 Å². The van der Waals surface area contributed by atoms with Gasteiger partial charge in [0.2, 0.25) is 23.1 Å². The summed E-state index contributed by atoms with van der Waals surface area (Å²) < 4.78 is 0.721. The second kappa shape index (κ2) is 16.1. The van der Waals surface area contributed by atoms with Crippen molar-refractivity contribution in [2.75, 3.05) is 0 Å². The maximum absolute atomic E-state index is 12.8. The maximum Gasteiger partial charge on any atom is 0.488 e. The van der Waals surface area contributed by atoms with Crippen LogP contribution in [0.2, 0.25) is 0 Å². The van der Waals surface area contributed by atoms with Crippen molar-refractivity contribution in [2.24, 2.45) is 0 Å². The highest BCUT2D eigenvalue weighted by atomic mass is 79.9. The average Bonchev–Trinajstić information content (AvgIpc) is 3.60. The molecule has 10 rings (SSSR count). The summed E-state index contributed by atoms with van der Waals surface area (Å²) in [6.07, 6.45) is 0. The molecule has 0 aliphatic heterocycles. The fraction of sp³-hybridized carbons (Fsp3) is 0.0638. The summed E-state index contributed by atoms with van der Waals surface area (Å²) in [4.78, 5) is 49.5. The Bertz CT molecular complexity index is 2800. The summed E-state index contributed by atoms with van der Waals surface area (Å²) in [5.74, 6) is -1.62. The Morgan fingerprint density at radius 2 is 0.782 bits per heavy atom. The molecule has 0 unspecified atom stereocenters. The van der Waals surface area contributed by atoms with Gasteiger partial charge in [-0.05, 0) is 59.3 Å². The number of hydrogen-bond donors (Lipinski definition) is 2. The van der Waals surface area contributed by atoms with Crippen molar-refractivity contribution in [1.29, 1.82) is 0 Å². The number of hydrogen-bond acceptors (Lipinski definition) is 6. The van der Waals surface area contributed by atoms with Crippen LogP contribution in [-0.4, -0.2) is 40.3 Å². The van der Waals surface area contributed by atoms with Gasteiger partial charge in [0.15, 0.2) is 0 Å². The molecule has 0 spiro atoms. The first-order chi connectivity index (χ1) is 25.3. The Labute approximate surface area is 328 Å². The van der Waals surface area contributed by atoms with Crippen LogP contribution in [0.5, 0.6) is 0 Å². The van der Waals surface area contributed by atoms with Gasteiger partial charge in [-0.2, -0.15) is 0 Å². The van der Waals surface area contributed by atoms with E-state index >= 15 is 0 Å². The summed E-state index contributed by atoms with van der Waals surface area (Å²) in [6.45, 7) is 0. The molecule has 0 fully saturated rings. The second-order valence-electron chi connectivity index (χ2n) is 12.5.